The van der Waals surface area contributed by atoms with Crippen LogP contribution in [0.3, 0.4) is 0 Å². The number of esters is 2. The molecule has 3 fully saturated rings. The van der Waals surface area contributed by atoms with Crippen molar-refractivity contribution >= 4 is 11.9 Å². The summed E-state index contributed by atoms with van der Waals surface area (Å²) in [5.41, 5.74) is 17.7. The summed E-state index contributed by atoms with van der Waals surface area (Å²) >= 11 is 0. The van der Waals surface area contributed by atoms with Gasteiger partial charge >= 0.3 is 11.9 Å². The maximum Gasteiger partial charge on any atom is 0.346 e. The molecule has 2 unspecified atom stereocenters. The van der Waals surface area contributed by atoms with Crippen LogP contribution in [0, 0.1) is 0 Å². The quantitative estimate of drug-likeness (QED) is 0.101. The molecule has 0 aromatic rings. The average molecular weight is 618 g/mol. The van der Waals surface area contributed by atoms with Gasteiger partial charge in [-0.05, 0) is 0 Å². The molecule has 0 radical (unpaired) electrons. The lowest BCUT2D eigenvalue weighted by molar-refractivity contribution is -0.399. The molecule has 0 aromatic heterocycles. The van der Waals surface area contributed by atoms with Crippen LogP contribution in [0.1, 0.15) is 6.92 Å². The van der Waals surface area contributed by atoms with Crippen molar-refractivity contribution < 1.29 is 83.6 Å². The summed E-state index contributed by atoms with van der Waals surface area (Å²) in [6.07, 6.45) is -18.1. The predicted octanol–water partition coefficient (Wildman–Crippen LogP) is -8.24. The molecule has 244 valence electrons. The van der Waals surface area contributed by atoms with Gasteiger partial charge in [0.15, 0.2) is 25.5 Å². The van der Waals surface area contributed by atoms with E-state index in [0.29, 0.717) is 0 Å². The van der Waals surface area contributed by atoms with Crippen molar-refractivity contribution in [1.82, 2.24) is 0 Å². The van der Waals surface area contributed by atoms with E-state index >= 15 is 0 Å². The zero-order chi connectivity index (χ0) is 31.5. The molecular formula is C22H39N3O17. The van der Waals surface area contributed by atoms with E-state index in [1.165, 1.54) is 0 Å². The van der Waals surface area contributed by atoms with Crippen molar-refractivity contribution in [3.63, 3.8) is 0 Å². The Morgan fingerprint density at radius 3 is 1.86 bits per heavy atom. The standard InChI is InChI=1S/C22H39N3O17/c1-6(29)36-4-9(30)41-22(5-28)18(34)15(33)12(25)21(42-22)40-17-8(3-27)38-20(11(24)14(17)32)39-16-7(2-26)37-19(35)10(23)13(16)31/h7-8,10-21,26-28,31-35H,2-5,23-25H2,1H3/t7-,8-,10-,11-,12-,13-,14-,15-,16?,17?,18+,19-,20+,21+,22+/m1/s1. The first kappa shape index (κ1) is 34.8. The maximum absolute atomic E-state index is 12.2. The van der Waals surface area contributed by atoms with Crippen LogP contribution in [0.25, 0.3) is 0 Å². The molecule has 20 nitrogen and oxygen atoms in total. The summed E-state index contributed by atoms with van der Waals surface area (Å²) in [6, 6.07) is -4.41. The molecule has 3 aliphatic rings. The van der Waals surface area contributed by atoms with Gasteiger partial charge in [-0.2, -0.15) is 0 Å². The maximum atomic E-state index is 12.2. The summed E-state index contributed by atoms with van der Waals surface area (Å²) in [4.78, 5) is 23.2. The minimum absolute atomic E-state index is 0.714. The smallest absolute Gasteiger partial charge is 0.346 e. The Balaban J connectivity index is 1.77. The lowest BCUT2D eigenvalue weighted by Crippen LogP contribution is -2.72. The van der Waals surface area contributed by atoms with E-state index in [0.717, 1.165) is 6.92 Å². The normalized spacial score (nSPS) is 46.2. The first-order valence-electron chi connectivity index (χ1n) is 12.9. The fraction of sp³-hybridized carbons (Fsp3) is 0.909. The number of ether oxygens (including phenoxy) is 7. The zero-order valence-electron chi connectivity index (χ0n) is 22.4. The number of rotatable bonds is 10. The van der Waals surface area contributed by atoms with Crippen molar-refractivity contribution in [3.8, 4) is 0 Å². The van der Waals surface area contributed by atoms with E-state index in [2.05, 4.69) is 4.74 Å². The highest BCUT2D eigenvalue weighted by atomic mass is 16.8. The van der Waals surface area contributed by atoms with Gasteiger partial charge in [-0.1, -0.05) is 0 Å². The Hall–Kier alpha value is -1.70. The molecule has 0 bridgehead atoms. The number of carbonyl (C=O) groups excluding carboxylic acids is 2. The summed E-state index contributed by atoms with van der Waals surface area (Å²) in [5.74, 6) is -4.78. The molecule has 3 saturated heterocycles. The third-order valence-electron chi connectivity index (χ3n) is 7.10. The van der Waals surface area contributed by atoms with Crippen LogP contribution in [-0.4, -0.2) is 171 Å². The van der Waals surface area contributed by atoms with Crippen molar-refractivity contribution in [2.75, 3.05) is 26.4 Å². The van der Waals surface area contributed by atoms with Crippen LogP contribution in [-0.2, 0) is 42.7 Å². The largest absolute Gasteiger partial charge is 0.454 e. The highest BCUT2D eigenvalue weighted by Gasteiger charge is 2.58. The van der Waals surface area contributed by atoms with Gasteiger partial charge in [-0.15, -0.1) is 0 Å². The third kappa shape index (κ3) is 7.15. The first-order valence-corrected chi connectivity index (χ1v) is 12.9. The van der Waals surface area contributed by atoms with E-state index in [4.69, 9.17) is 45.6 Å². The van der Waals surface area contributed by atoms with Crippen LogP contribution < -0.4 is 17.2 Å². The van der Waals surface area contributed by atoms with Gasteiger partial charge in [0.1, 0.15) is 55.4 Å². The van der Waals surface area contributed by atoms with E-state index < -0.39 is 130 Å². The van der Waals surface area contributed by atoms with Gasteiger partial charge in [0.05, 0.1) is 31.3 Å². The summed E-state index contributed by atoms with van der Waals surface area (Å²) in [6.45, 7) is -2.70. The molecule has 3 aliphatic heterocycles. The molecule has 14 N–H and O–H groups in total. The van der Waals surface area contributed by atoms with Crippen molar-refractivity contribution in [2.45, 2.75) is 98.5 Å². The molecule has 3 rings (SSSR count). The van der Waals surface area contributed by atoms with Gasteiger partial charge in [0, 0.05) is 6.92 Å². The van der Waals surface area contributed by atoms with Gasteiger partial charge in [-0.25, -0.2) is 4.79 Å². The molecule has 0 saturated carbocycles. The van der Waals surface area contributed by atoms with Crippen LogP contribution in [0.2, 0.25) is 0 Å². The van der Waals surface area contributed by atoms with Crippen molar-refractivity contribution in [3.05, 3.63) is 0 Å². The summed E-state index contributed by atoms with van der Waals surface area (Å²) in [7, 11) is 0. The van der Waals surface area contributed by atoms with Crippen LogP contribution in [0.5, 0.6) is 0 Å². The Bertz CT molecular complexity index is 915. The molecule has 3 heterocycles. The van der Waals surface area contributed by atoms with Crippen molar-refractivity contribution in [2.24, 2.45) is 17.2 Å². The summed E-state index contributed by atoms with van der Waals surface area (Å²) in [5, 5.41) is 81.8. The molecule has 0 spiro atoms. The van der Waals surface area contributed by atoms with Crippen molar-refractivity contribution in [1.29, 1.82) is 0 Å². The lowest BCUT2D eigenvalue weighted by Gasteiger charge is -2.50. The topological polar surface area (TPSA) is 339 Å². The van der Waals surface area contributed by atoms with E-state index in [9.17, 15) is 50.4 Å². The number of aliphatic hydroxyl groups excluding tert-OH is 8. The fourth-order valence-corrected chi connectivity index (χ4v) is 4.68. The Kier molecular flexibility index (Phi) is 11.9. The monoisotopic (exact) mass is 617 g/mol. The highest BCUT2D eigenvalue weighted by molar-refractivity contribution is 5.75. The number of aliphatic hydroxyl groups is 8. The Labute approximate surface area is 238 Å². The van der Waals surface area contributed by atoms with Gasteiger partial charge < -0.3 is 91.2 Å². The second-order valence-electron chi connectivity index (χ2n) is 10.0. The summed E-state index contributed by atoms with van der Waals surface area (Å²) < 4.78 is 37.0. The molecule has 20 heteroatoms. The molecule has 0 aliphatic carbocycles. The first-order chi connectivity index (χ1) is 19.7. The lowest BCUT2D eigenvalue weighted by atomic mass is 9.93. The molecule has 42 heavy (non-hydrogen) atoms. The van der Waals surface area contributed by atoms with Crippen LogP contribution in [0.4, 0.5) is 0 Å². The molecule has 15 atom stereocenters. The van der Waals surface area contributed by atoms with Crippen LogP contribution >= 0.6 is 0 Å². The second kappa shape index (κ2) is 14.4. The SMILES string of the molecule is CC(=O)OCC(=O)O[C@@]1(CO)O[C@H](OC2[C@@H](CO)O[C@@H](OC3[C@@H](CO)O[C@@H](O)[C@H](N)[C@H]3O)[C@H](N)[C@H]2O)[C@H](N)[C@@H](O)[C@@H]1O. The second-order valence-corrected chi connectivity index (χ2v) is 10.0. The Morgan fingerprint density at radius 2 is 1.31 bits per heavy atom. The number of hydrogen-bond acceptors (Lipinski definition) is 20. The number of carbonyl (C=O) groups is 2. The zero-order valence-corrected chi connectivity index (χ0v) is 22.4. The number of hydrogen-bond donors (Lipinski definition) is 11. The van der Waals surface area contributed by atoms with E-state index in [1.807, 2.05) is 0 Å². The third-order valence-corrected chi connectivity index (χ3v) is 7.10. The fourth-order valence-electron chi connectivity index (χ4n) is 4.68. The van der Waals surface area contributed by atoms with E-state index in [-0.39, 0.29) is 0 Å². The van der Waals surface area contributed by atoms with Gasteiger partial charge in [0.2, 0.25) is 0 Å². The molecule has 0 aromatic carbocycles. The highest BCUT2D eigenvalue weighted by Crippen LogP contribution is 2.34. The average Bonchev–Trinajstić information content (AvgIpc) is 2.96. The molecule has 0 amide bonds. The van der Waals surface area contributed by atoms with Gasteiger partial charge in [-0.3, -0.25) is 4.79 Å². The minimum Gasteiger partial charge on any atom is -0.454 e. The predicted molar refractivity (Wildman–Crippen MR) is 129 cm³/mol. The molecular weight excluding hydrogens is 578 g/mol. The Morgan fingerprint density at radius 1 is 0.786 bits per heavy atom. The van der Waals surface area contributed by atoms with E-state index in [1.54, 1.807) is 0 Å². The van der Waals surface area contributed by atoms with Gasteiger partial charge in [0.25, 0.3) is 5.79 Å². The minimum atomic E-state index is -2.67. The van der Waals surface area contributed by atoms with Crippen LogP contribution in [0.15, 0.2) is 0 Å². The number of nitrogens with two attached hydrogens (primary N) is 3.